The average Bonchev–Trinajstić information content (AvgIpc) is 2.88. The van der Waals surface area contributed by atoms with E-state index in [4.69, 9.17) is 24.3 Å². The van der Waals surface area contributed by atoms with Crippen LogP contribution in [0.25, 0.3) is 0 Å². The summed E-state index contributed by atoms with van der Waals surface area (Å²) in [4.78, 5) is 22.0. The zero-order valence-electron chi connectivity index (χ0n) is 24.0. The molecule has 9 heteroatoms. The van der Waals surface area contributed by atoms with Crippen molar-refractivity contribution in [2.45, 2.75) is 142 Å². The second kappa shape index (κ2) is 27.1. The molecule has 0 aromatic rings. The van der Waals surface area contributed by atoms with Crippen molar-refractivity contribution < 1.29 is 32.8 Å². The fourth-order valence-electron chi connectivity index (χ4n) is 4.05. The Morgan fingerprint density at radius 2 is 1.19 bits per heavy atom. The summed E-state index contributed by atoms with van der Waals surface area (Å²) in [6.45, 7) is 4.83. The number of esters is 1. The number of phosphoric ester groups is 1. The molecule has 3 N–H and O–H groups in total. The van der Waals surface area contributed by atoms with Crippen molar-refractivity contribution in [2.24, 2.45) is 5.73 Å². The van der Waals surface area contributed by atoms with Crippen molar-refractivity contribution in [1.82, 2.24) is 0 Å². The van der Waals surface area contributed by atoms with Crippen molar-refractivity contribution in [3.8, 4) is 0 Å². The molecule has 0 amide bonds. The zero-order chi connectivity index (χ0) is 27.5. The van der Waals surface area contributed by atoms with Gasteiger partial charge in [0.1, 0.15) is 6.10 Å². The molecule has 0 aromatic carbocycles. The number of phosphoric acid groups is 1. The Bertz CT molecular complexity index is 551. The quantitative estimate of drug-likeness (QED) is 0.0559. The minimum Gasteiger partial charge on any atom is -0.457 e. The van der Waals surface area contributed by atoms with Crippen LogP contribution >= 0.6 is 7.82 Å². The second-order valence-corrected chi connectivity index (χ2v) is 11.4. The lowest BCUT2D eigenvalue weighted by Crippen LogP contribution is -2.28. The third-order valence-corrected chi connectivity index (χ3v) is 7.26. The van der Waals surface area contributed by atoms with Gasteiger partial charge in [0.15, 0.2) is 0 Å². The fraction of sp³-hybridized carbons (Fsp3) is 0.964. The lowest BCUT2D eigenvalue weighted by Gasteiger charge is -2.20. The Balaban J connectivity index is 4.04. The summed E-state index contributed by atoms with van der Waals surface area (Å²) >= 11 is 0. The molecule has 222 valence electrons. The maximum atomic E-state index is 12.2. The highest BCUT2D eigenvalue weighted by Crippen LogP contribution is 2.43. The third-order valence-electron chi connectivity index (χ3n) is 6.27. The number of rotatable bonds is 29. The van der Waals surface area contributed by atoms with E-state index in [1.54, 1.807) is 0 Å². The average molecular weight is 552 g/mol. The summed E-state index contributed by atoms with van der Waals surface area (Å²) in [5, 5.41) is 0. The number of nitrogens with two attached hydrogens (primary N) is 1. The van der Waals surface area contributed by atoms with Gasteiger partial charge in [-0.1, -0.05) is 117 Å². The molecule has 2 atom stereocenters. The molecule has 0 heterocycles. The zero-order valence-corrected chi connectivity index (χ0v) is 24.9. The topological polar surface area (TPSA) is 117 Å². The number of hydrogen-bond donors (Lipinski definition) is 2. The first kappa shape index (κ1) is 36.5. The molecule has 0 aliphatic rings. The Morgan fingerprint density at radius 3 is 1.70 bits per heavy atom. The molecule has 0 fully saturated rings. The standard InChI is InChI=1S/C28H58NO7P/c1-3-5-7-9-10-11-12-13-14-15-16-18-20-23-33-25-27(26-35-37(31,32)34-24-22-29)36-28(30)21-19-17-8-6-4-2/h27H,3-26,29H2,1-2H3,(H,31,32). The van der Waals surface area contributed by atoms with Crippen LogP contribution in [0.15, 0.2) is 0 Å². The summed E-state index contributed by atoms with van der Waals surface area (Å²) < 4.78 is 32.9. The monoisotopic (exact) mass is 551 g/mol. The molecular formula is C28H58NO7P. The van der Waals surface area contributed by atoms with Crippen LogP contribution in [-0.4, -0.2) is 49.9 Å². The van der Waals surface area contributed by atoms with E-state index in [9.17, 15) is 14.3 Å². The number of ether oxygens (including phenoxy) is 2. The largest absolute Gasteiger partial charge is 0.472 e. The van der Waals surface area contributed by atoms with E-state index in [0.29, 0.717) is 13.0 Å². The number of hydrogen-bond acceptors (Lipinski definition) is 7. The molecule has 0 radical (unpaired) electrons. The van der Waals surface area contributed by atoms with Crippen LogP contribution in [0.2, 0.25) is 0 Å². The molecule has 37 heavy (non-hydrogen) atoms. The van der Waals surface area contributed by atoms with Crippen molar-refractivity contribution in [1.29, 1.82) is 0 Å². The van der Waals surface area contributed by atoms with E-state index >= 15 is 0 Å². The highest BCUT2D eigenvalue weighted by Gasteiger charge is 2.25. The van der Waals surface area contributed by atoms with Crippen LogP contribution in [0.1, 0.15) is 136 Å². The fourth-order valence-corrected chi connectivity index (χ4v) is 4.82. The molecule has 0 bridgehead atoms. The molecule has 0 aliphatic heterocycles. The minimum absolute atomic E-state index is 0.0917. The van der Waals surface area contributed by atoms with Crippen LogP contribution < -0.4 is 5.73 Å². The van der Waals surface area contributed by atoms with Gasteiger partial charge in [-0.25, -0.2) is 4.57 Å². The highest BCUT2D eigenvalue weighted by molar-refractivity contribution is 7.47. The summed E-state index contributed by atoms with van der Waals surface area (Å²) in [6, 6.07) is 0. The van der Waals surface area contributed by atoms with E-state index in [1.807, 2.05) is 0 Å². The first-order valence-electron chi connectivity index (χ1n) is 15.0. The summed E-state index contributed by atoms with van der Waals surface area (Å²) in [7, 11) is -4.24. The van der Waals surface area contributed by atoms with Gasteiger partial charge in [0.2, 0.25) is 0 Å². The number of carbonyl (C=O) groups excluding carboxylic acids is 1. The molecule has 0 aliphatic carbocycles. The molecule has 0 saturated heterocycles. The molecule has 0 saturated carbocycles. The Hall–Kier alpha value is -0.500. The van der Waals surface area contributed by atoms with E-state index in [2.05, 4.69) is 13.8 Å². The Morgan fingerprint density at radius 1 is 0.703 bits per heavy atom. The predicted molar refractivity (Wildman–Crippen MR) is 151 cm³/mol. The van der Waals surface area contributed by atoms with Crippen LogP contribution in [-0.2, 0) is 27.9 Å². The van der Waals surface area contributed by atoms with Gasteiger partial charge in [0, 0.05) is 19.6 Å². The van der Waals surface area contributed by atoms with Gasteiger partial charge >= 0.3 is 13.8 Å². The van der Waals surface area contributed by atoms with Crippen LogP contribution in [0.4, 0.5) is 0 Å². The van der Waals surface area contributed by atoms with Gasteiger partial charge in [-0.2, -0.15) is 0 Å². The van der Waals surface area contributed by atoms with Crippen molar-refractivity contribution >= 4 is 13.8 Å². The van der Waals surface area contributed by atoms with Crippen LogP contribution in [0.5, 0.6) is 0 Å². The van der Waals surface area contributed by atoms with Crippen LogP contribution in [0, 0.1) is 0 Å². The number of carbonyl (C=O) groups is 1. The molecule has 0 spiro atoms. The molecule has 8 nitrogen and oxygen atoms in total. The lowest BCUT2D eigenvalue weighted by molar-refractivity contribution is -0.154. The van der Waals surface area contributed by atoms with E-state index in [0.717, 1.165) is 44.9 Å². The highest BCUT2D eigenvalue weighted by atomic mass is 31.2. The van der Waals surface area contributed by atoms with Gasteiger partial charge in [-0.3, -0.25) is 13.8 Å². The summed E-state index contributed by atoms with van der Waals surface area (Å²) in [5.74, 6) is -0.342. The van der Waals surface area contributed by atoms with E-state index in [1.165, 1.54) is 70.6 Å². The third kappa shape index (κ3) is 26.9. The first-order chi connectivity index (χ1) is 17.9. The van der Waals surface area contributed by atoms with Crippen LogP contribution in [0.3, 0.4) is 0 Å². The smallest absolute Gasteiger partial charge is 0.457 e. The SMILES string of the molecule is CCCCCCCCCCCCCCCOCC(COP(=O)(O)OCCN)OC(=O)CCCCCCC. The van der Waals surface area contributed by atoms with E-state index < -0.39 is 13.9 Å². The maximum absolute atomic E-state index is 12.2. The summed E-state index contributed by atoms with van der Waals surface area (Å²) in [5.41, 5.74) is 5.30. The van der Waals surface area contributed by atoms with Gasteiger partial charge in [0.25, 0.3) is 0 Å². The molecular weight excluding hydrogens is 493 g/mol. The molecule has 0 rings (SSSR count). The van der Waals surface area contributed by atoms with Gasteiger partial charge in [-0.15, -0.1) is 0 Å². The van der Waals surface area contributed by atoms with Gasteiger partial charge in [0.05, 0.1) is 19.8 Å². The van der Waals surface area contributed by atoms with E-state index in [-0.39, 0.29) is 32.3 Å². The summed E-state index contributed by atoms with van der Waals surface area (Å²) in [6.07, 6.45) is 21.4. The normalized spacial score (nSPS) is 13.9. The first-order valence-corrected chi connectivity index (χ1v) is 16.5. The second-order valence-electron chi connectivity index (χ2n) is 9.98. The van der Waals surface area contributed by atoms with Crippen molar-refractivity contribution in [3.63, 3.8) is 0 Å². The lowest BCUT2D eigenvalue weighted by atomic mass is 10.0. The van der Waals surface area contributed by atoms with Crippen molar-refractivity contribution in [2.75, 3.05) is 33.0 Å². The predicted octanol–water partition coefficient (Wildman–Crippen LogP) is 7.46. The van der Waals surface area contributed by atoms with Gasteiger partial charge < -0.3 is 20.1 Å². The van der Waals surface area contributed by atoms with Crippen molar-refractivity contribution in [3.05, 3.63) is 0 Å². The maximum Gasteiger partial charge on any atom is 0.472 e. The minimum atomic E-state index is -4.24. The molecule has 2 unspecified atom stereocenters. The number of unbranched alkanes of at least 4 members (excludes halogenated alkanes) is 16. The Labute approximate surface area is 227 Å². The van der Waals surface area contributed by atoms with Gasteiger partial charge in [-0.05, 0) is 12.8 Å². The Kier molecular flexibility index (Phi) is 26.7. The molecule has 0 aromatic heterocycles.